The van der Waals surface area contributed by atoms with E-state index in [1.165, 1.54) is 0 Å². The van der Waals surface area contributed by atoms with Gasteiger partial charge in [-0.15, -0.1) is 0 Å². The Balaban J connectivity index is 2.10. The molecule has 108 valence electrons. The Morgan fingerprint density at radius 1 is 1.35 bits per heavy atom. The molecule has 0 unspecified atom stereocenters. The van der Waals surface area contributed by atoms with Gasteiger partial charge in [0.25, 0.3) is 0 Å². The summed E-state index contributed by atoms with van der Waals surface area (Å²) in [7, 11) is 1.83. The zero-order valence-corrected chi connectivity index (χ0v) is 12.9. The van der Waals surface area contributed by atoms with E-state index in [2.05, 4.69) is 23.4 Å². The summed E-state index contributed by atoms with van der Waals surface area (Å²) in [4.78, 5) is 0. The molecule has 2 aromatic rings. The SMILES string of the molecule is CCNCc1ccccc1OCc1c(C)nn(C)c1Cl. The summed E-state index contributed by atoms with van der Waals surface area (Å²) in [6.45, 7) is 6.19. The van der Waals surface area contributed by atoms with Crippen molar-refractivity contribution in [2.45, 2.75) is 27.0 Å². The van der Waals surface area contributed by atoms with Crippen LogP contribution < -0.4 is 10.1 Å². The van der Waals surface area contributed by atoms with Crippen molar-refractivity contribution >= 4 is 11.6 Å². The van der Waals surface area contributed by atoms with Crippen molar-refractivity contribution < 1.29 is 4.74 Å². The number of benzene rings is 1. The van der Waals surface area contributed by atoms with Gasteiger partial charge >= 0.3 is 0 Å². The molecule has 0 amide bonds. The first-order valence-electron chi connectivity index (χ1n) is 6.72. The van der Waals surface area contributed by atoms with Gasteiger partial charge < -0.3 is 10.1 Å². The number of hydrogen-bond donors (Lipinski definition) is 1. The largest absolute Gasteiger partial charge is 0.488 e. The van der Waals surface area contributed by atoms with E-state index >= 15 is 0 Å². The third kappa shape index (κ3) is 3.32. The van der Waals surface area contributed by atoms with Gasteiger partial charge in [-0.25, -0.2) is 0 Å². The van der Waals surface area contributed by atoms with Crippen LogP contribution in [0.15, 0.2) is 24.3 Å². The van der Waals surface area contributed by atoms with Crippen molar-refractivity contribution in [1.29, 1.82) is 0 Å². The Morgan fingerprint density at radius 3 is 2.75 bits per heavy atom. The molecule has 4 nitrogen and oxygen atoms in total. The van der Waals surface area contributed by atoms with E-state index in [0.717, 1.165) is 35.7 Å². The number of hydrogen-bond acceptors (Lipinski definition) is 3. The monoisotopic (exact) mass is 293 g/mol. The smallest absolute Gasteiger partial charge is 0.133 e. The molecule has 0 aliphatic rings. The van der Waals surface area contributed by atoms with Gasteiger partial charge in [0.1, 0.15) is 17.5 Å². The van der Waals surface area contributed by atoms with Crippen LogP contribution in [0.4, 0.5) is 0 Å². The van der Waals surface area contributed by atoms with E-state index in [1.54, 1.807) is 4.68 Å². The van der Waals surface area contributed by atoms with Crippen molar-refractivity contribution in [2.75, 3.05) is 6.54 Å². The highest BCUT2D eigenvalue weighted by atomic mass is 35.5. The molecule has 1 aromatic heterocycles. The predicted octanol–water partition coefficient (Wildman–Crippen LogP) is 3.07. The van der Waals surface area contributed by atoms with E-state index in [0.29, 0.717) is 11.8 Å². The fourth-order valence-corrected chi connectivity index (χ4v) is 2.27. The highest BCUT2D eigenvalue weighted by Crippen LogP contribution is 2.23. The average molecular weight is 294 g/mol. The summed E-state index contributed by atoms with van der Waals surface area (Å²) in [5.74, 6) is 0.882. The van der Waals surface area contributed by atoms with Gasteiger partial charge in [-0.2, -0.15) is 5.10 Å². The van der Waals surface area contributed by atoms with Crippen molar-refractivity contribution in [3.05, 3.63) is 46.2 Å². The summed E-state index contributed by atoms with van der Waals surface area (Å²) in [5, 5.41) is 8.23. The highest BCUT2D eigenvalue weighted by Gasteiger charge is 2.12. The van der Waals surface area contributed by atoms with Crippen LogP contribution in [-0.4, -0.2) is 16.3 Å². The van der Waals surface area contributed by atoms with E-state index in [9.17, 15) is 0 Å². The fraction of sp³-hybridized carbons (Fsp3) is 0.400. The normalized spacial score (nSPS) is 10.8. The molecule has 20 heavy (non-hydrogen) atoms. The van der Waals surface area contributed by atoms with Gasteiger partial charge in [0, 0.05) is 24.7 Å². The van der Waals surface area contributed by atoms with Gasteiger partial charge in [0.15, 0.2) is 0 Å². The number of aryl methyl sites for hydroxylation is 2. The lowest BCUT2D eigenvalue weighted by Gasteiger charge is -2.11. The first-order valence-corrected chi connectivity index (χ1v) is 7.10. The molecule has 2 rings (SSSR count). The molecule has 0 atom stereocenters. The molecule has 0 fully saturated rings. The van der Waals surface area contributed by atoms with Gasteiger partial charge in [0.2, 0.25) is 0 Å². The van der Waals surface area contributed by atoms with Crippen molar-refractivity contribution in [1.82, 2.24) is 15.1 Å². The molecule has 0 saturated carbocycles. The Bertz CT molecular complexity index is 580. The van der Waals surface area contributed by atoms with Crippen LogP contribution in [0.3, 0.4) is 0 Å². The van der Waals surface area contributed by atoms with Crippen LogP contribution in [0.5, 0.6) is 5.75 Å². The van der Waals surface area contributed by atoms with Crippen LogP contribution in [0.2, 0.25) is 5.15 Å². The molecule has 0 spiro atoms. The summed E-state index contributed by atoms with van der Waals surface area (Å²) < 4.78 is 7.58. The highest BCUT2D eigenvalue weighted by molar-refractivity contribution is 6.30. The Hall–Kier alpha value is -1.52. The van der Waals surface area contributed by atoms with Gasteiger partial charge in [0.05, 0.1) is 5.69 Å². The van der Waals surface area contributed by atoms with Crippen LogP contribution in [-0.2, 0) is 20.2 Å². The van der Waals surface area contributed by atoms with Gasteiger partial charge in [-0.3, -0.25) is 4.68 Å². The lowest BCUT2D eigenvalue weighted by molar-refractivity contribution is 0.301. The Kier molecular flexibility index (Phi) is 5.04. The number of ether oxygens (including phenoxy) is 1. The average Bonchev–Trinajstić information content (AvgIpc) is 2.69. The zero-order valence-electron chi connectivity index (χ0n) is 12.1. The minimum atomic E-state index is 0.432. The first kappa shape index (κ1) is 14.9. The Morgan fingerprint density at radius 2 is 2.10 bits per heavy atom. The van der Waals surface area contributed by atoms with Crippen molar-refractivity contribution in [3.8, 4) is 5.75 Å². The lowest BCUT2D eigenvalue weighted by atomic mass is 10.2. The number of nitrogens with zero attached hydrogens (tertiary/aromatic N) is 2. The van der Waals surface area contributed by atoms with Crippen LogP contribution in [0, 0.1) is 6.92 Å². The quantitative estimate of drug-likeness (QED) is 0.890. The van der Waals surface area contributed by atoms with Crippen molar-refractivity contribution in [2.24, 2.45) is 7.05 Å². The van der Waals surface area contributed by atoms with E-state index in [1.807, 2.05) is 32.2 Å². The molecule has 1 aromatic carbocycles. The molecular weight excluding hydrogens is 274 g/mol. The van der Waals surface area contributed by atoms with E-state index in [-0.39, 0.29) is 0 Å². The van der Waals surface area contributed by atoms with E-state index < -0.39 is 0 Å². The molecule has 0 aliphatic carbocycles. The maximum Gasteiger partial charge on any atom is 0.133 e. The second kappa shape index (κ2) is 6.77. The summed E-state index contributed by atoms with van der Waals surface area (Å²) in [6, 6.07) is 8.03. The molecule has 0 bridgehead atoms. The van der Waals surface area contributed by atoms with Crippen LogP contribution in [0.25, 0.3) is 0 Å². The second-order valence-corrected chi connectivity index (χ2v) is 5.01. The first-order chi connectivity index (χ1) is 9.63. The molecule has 1 N–H and O–H groups in total. The minimum Gasteiger partial charge on any atom is -0.488 e. The lowest BCUT2D eigenvalue weighted by Crippen LogP contribution is -2.12. The number of nitrogens with one attached hydrogen (secondary N) is 1. The standard InChI is InChI=1S/C15H20ClN3O/c1-4-17-9-12-7-5-6-8-14(12)20-10-13-11(2)18-19(3)15(13)16/h5-8,17H,4,9-10H2,1-3H3. The molecule has 1 heterocycles. The summed E-state index contributed by atoms with van der Waals surface area (Å²) in [5.41, 5.74) is 2.99. The molecule has 5 heteroatoms. The van der Waals surface area contributed by atoms with Crippen LogP contribution >= 0.6 is 11.6 Å². The third-order valence-corrected chi connectivity index (χ3v) is 3.65. The van der Waals surface area contributed by atoms with Crippen molar-refractivity contribution in [3.63, 3.8) is 0 Å². The van der Waals surface area contributed by atoms with Gasteiger partial charge in [-0.1, -0.05) is 36.7 Å². The number of aromatic nitrogens is 2. The second-order valence-electron chi connectivity index (χ2n) is 4.66. The Labute approximate surface area is 124 Å². The molecule has 0 aliphatic heterocycles. The zero-order chi connectivity index (χ0) is 14.5. The minimum absolute atomic E-state index is 0.432. The number of halogens is 1. The number of rotatable bonds is 6. The maximum absolute atomic E-state index is 6.21. The molecule has 0 radical (unpaired) electrons. The fourth-order valence-electron chi connectivity index (χ4n) is 2.04. The summed E-state index contributed by atoms with van der Waals surface area (Å²) in [6.07, 6.45) is 0. The summed E-state index contributed by atoms with van der Waals surface area (Å²) >= 11 is 6.21. The third-order valence-electron chi connectivity index (χ3n) is 3.18. The molecular formula is C15H20ClN3O. The number of para-hydroxylation sites is 1. The molecule has 0 saturated heterocycles. The predicted molar refractivity (Wildman–Crippen MR) is 81.1 cm³/mol. The topological polar surface area (TPSA) is 39.1 Å². The maximum atomic E-state index is 6.21. The van der Waals surface area contributed by atoms with Crippen LogP contribution in [0.1, 0.15) is 23.7 Å². The van der Waals surface area contributed by atoms with E-state index in [4.69, 9.17) is 16.3 Å². The van der Waals surface area contributed by atoms with Gasteiger partial charge in [-0.05, 0) is 19.5 Å².